The van der Waals surface area contributed by atoms with Crippen LogP contribution in [-0.2, 0) is 16.4 Å². The summed E-state index contributed by atoms with van der Waals surface area (Å²) in [5, 5.41) is 0. The normalized spacial score (nSPS) is 14.7. The second-order valence-electron chi connectivity index (χ2n) is 4.24. The number of para-hydroxylation sites is 1. The number of anilines is 2. The fourth-order valence-corrected chi connectivity index (χ4v) is 5.36. The van der Waals surface area contributed by atoms with E-state index < -0.39 is 10.0 Å². The highest BCUT2D eigenvalue weighted by Gasteiger charge is 2.33. The molecule has 0 fully saturated rings. The molecule has 7 heteroatoms. The molecule has 2 aromatic rings. The van der Waals surface area contributed by atoms with Crippen LogP contribution in [0.4, 0.5) is 11.4 Å². The Labute approximate surface area is 120 Å². The summed E-state index contributed by atoms with van der Waals surface area (Å²) in [6, 6.07) is 8.58. The lowest BCUT2D eigenvalue weighted by Crippen LogP contribution is -2.29. The molecule has 1 aromatic carbocycles. The molecule has 0 saturated heterocycles. The molecule has 0 radical (unpaired) electrons. The van der Waals surface area contributed by atoms with Crippen molar-refractivity contribution in [1.29, 1.82) is 0 Å². The van der Waals surface area contributed by atoms with Crippen LogP contribution in [0.15, 0.2) is 34.5 Å². The van der Waals surface area contributed by atoms with Crippen molar-refractivity contribution in [2.75, 3.05) is 16.6 Å². The van der Waals surface area contributed by atoms with E-state index in [4.69, 9.17) is 17.3 Å². The molecule has 0 saturated carbocycles. The lowest BCUT2D eigenvalue weighted by atomic mass is 10.1. The van der Waals surface area contributed by atoms with Gasteiger partial charge in [-0.1, -0.05) is 23.7 Å². The second kappa shape index (κ2) is 4.40. The maximum absolute atomic E-state index is 12.6. The number of rotatable bonds is 2. The van der Waals surface area contributed by atoms with Crippen molar-refractivity contribution in [2.24, 2.45) is 0 Å². The molecule has 0 unspecified atom stereocenters. The van der Waals surface area contributed by atoms with E-state index in [1.807, 2.05) is 12.1 Å². The Hall–Kier alpha value is -1.24. The molecular formula is C12H11ClN2O2S2. The largest absolute Gasteiger partial charge is 0.397 e. The Morgan fingerprint density at radius 1 is 1.26 bits per heavy atom. The molecule has 19 heavy (non-hydrogen) atoms. The molecule has 4 nitrogen and oxygen atoms in total. The Morgan fingerprint density at radius 3 is 2.74 bits per heavy atom. The molecule has 0 amide bonds. The topological polar surface area (TPSA) is 63.4 Å². The monoisotopic (exact) mass is 314 g/mol. The summed E-state index contributed by atoms with van der Waals surface area (Å²) < 4.78 is 27.2. The van der Waals surface area contributed by atoms with Gasteiger partial charge in [-0.2, -0.15) is 0 Å². The molecule has 0 bridgehead atoms. The van der Waals surface area contributed by atoms with Crippen molar-refractivity contribution in [3.05, 3.63) is 40.2 Å². The lowest BCUT2D eigenvalue weighted by molar-refractivity contribution is 0.594. The van der Waals surface area contributed by atoms with E-state index >= 15 is 0 Å². The van der Waals surface area contributed by atoms with E-state index in [-0.39, 0.29) is 4.21 Å². The Bertz CT molecular complexity index is 740. The smallest absolute Gasteiger partial charge is 0.273 e. The number of halogens is 1. The van der Waals surface area contributed by atoms with Crippen LogP contribution in [0.2, 0.25) is 4.34 Å². The minimum atomic E-state index is -3.57. The predicted molar refractivity (Wildman–Crippen MR) is 78.4 cm³/mol. The number of hydrogen-bond acceptors (Lipinski definition) is 4. The standard InChI is InChI=1S/C12H11ClN2O2S2/c13-10-4-5-11(18-10)19(16,17)15-7-6-8-2-1-3-9(14)12(8)15/h1-5H,6-7,14H2. The summed E-state index contributed by atoms with van der Waals surface area (Å²) in [6.45, 7) is 0.418. The van der Waals surface area contributed by atoms with Gasteiger partial charge in [0.05, 0.1) is 15.7 Å². The highest BCUT2D eigenvalue weighted by molar-refractivity contribution is 7.94. The Morgan fingerprint density at radius 2 is 2.05 bits per heavy atom. The van der Waals surface area contributed by atoms with E-state index in [0.717, 1.165) is 16.9 Å². The first-order chi connectivity index (χ1) is 9.00. The van der Waals surface area contributed by atoms with Gasteiger partial charge in [0.1, 0.15) is 4.21 Å². The summed E-state index contributed by atoms with van der Waals surface area (Å²) in [7, 11) is -3.57. The highest BCUT2D eigenvalue weighted by Crippen LogP contribution is 2.39. The van der Waals surface area contributed by atoms with Gasteiger partial charge in [-0.25, -0.2) is 8.42 Å². The average Bonchev–Trinajstić information content (AvgIpc) is 2.96. The zero-order chi connectivity index (χ0) is 13.6. The van der Waals surface area contributed by atoms with Gasteiger partial charge >= 0.3 is 0 Å². The van der Waals surface area contributed by atoms with Crippen LogP contribution < -0.4 is 10.0 Å². The molecule has 3 rings (SSSR count). The van der Waals surface area contributed by atoms with Crippen LogP contribution >= 0.6 is 22.9 Å². The van der Waals surface area contributed by atoms with Crippen molar-refractivity contribution in [3.63, 3.8) is 0 Å². The van der Waals surface area contributed by atoms with Gasteiger partial charge in [0.2, 0.25) is 0 Å². The zero-order valence-electron chi connectivity index (χ0n) is 9.84. The number of nitrogens with two attached hydrogens (primary N) is 1. The van der Waals surface area contributed by atoms with Crippen molar-refractivity contribution in [1.82, 2.24) is 0 Å². The van der Waals surface area contributed by atoms with Gasteiger partial charge in [0, 0.05) is 6.54 Å². The van der Waals surface area contributed by atoms with Crippen LogP contribution in [0, 0.1) is 0 Å². The Balaban J connectivity index is 2.11. The van der Waals surface area contributed by atoms with Gasteiger partial charge in [-0.15, -0.1) is 11.3 Å². The first kappa shape index (κ1) is 12.8. The summed E-state index contributed by atoms with van der Waals surface area (Å²) in [6.07, 6.45) is 0.679. The Kier molecular flexibility index (Phi) is 2.96. The summed E-state index contributed by atoms with van der Waals surface area (Å²) in [5.41, 5.74) is 7.97. The van der Waals surface area contributed by atoms with Gasteiger partial charge in [0.25, 0.3) is 10.0 Å². The van der Waals surface area contributed by atoms with Gasteiger partial charge in [-0.05, 0) is 30.2 Å². The van der Waals surface area contributed by atoms with E-state index in [9.17, 15) is 8.42 Å². The number of fused-ring (bicyclic) bond motifs is 1. The van der Waals surface area contributed by atoms with Crippen molar-refractivity contribution in [3.8, 4) is 0 Å². The molecule has 2 N–H and O–H groups in total. The summed E-state index contributed by atoms with van der Waals surface area (Å²) in [4.78, 5) is 0. The van der Waals surface area contributed by atoms with Gasteiger partial charge in [-0.3, -0.25) is 4.31 Å². The van der Waals surface area contributed by atoms with Gasteiger partial charge < -0.3 is 5.73 Å². The molecule has 0 atom stereocenters. The molecule has 1 aliphatic heterocycles. The van der Waals surface area contributed by atoms with Crippen LogP contribution in [0.3, 0.4) is 0 Å². The number of thiophene rings is 1. The molecule has 2 heterocycles. The first-order valence-electron chi connectivity index (χ1n) is 5.65. The highest BCUT2D eigenvalue weighted by atomic mass is 35.5. The first-order valence-corrected chi connectivity index (χ1v) is 8.29. The molecule has 100 valence electrons. The fraction of sp³-hybridized carbons (Fsp3) is 0.167. The number of hydrogen-bond donors (Lipinski definition) is 1. The quantitative estimate of drug-likeness (QED) is 0.867. The third kappa shape index (κ3) is 2.00. The van der Waals surface area contributed by atoms with E-state index in [2.05, 4.69) is 0 Å². The SMILES string of the molecule is Nc1cccc2c1N(S(=O)(=O)c1ccc(Cl)s1)CC2. The number of benzene rings is 1. The van der Waals surface area contributed by atoms with E-state index in [1.165, 1.54) is 10.4 Å². The van der Waals surface area contributed by atoms with Crippen molar-refractivity contribution >= 4 is 44.3 Å². The molecular weight excluding hydrogens is 304 g/mol. The summed E-state index contributed by atoms with van der Waals surface area (Å²) >= 11 is 6.87. The van der Waals surface area contributed by atoms with E-state index in [1.54, 1.807) is 12.1 Å². The lowest BCUT2D eigenvalue weighted by Gasteiger charge is -2.19. The third-order valence-electron chi connectivity index (χ3n) is 3.08. The average molecular weight is 315 g/mol. The minimum absolute atomic E-state index is 0.244. The number of nitrogen functional groups attached to an aromatic ring is 1. The van der Waals surface area contributed by atoms with Crippen LogP contribution in [0.25, 0.3) is 0 Å². The maximum atomic E-state index is 12.6. The number of nitrogens with zero attached hydrogens (tertiary/aromatic N) is 1. The molecule has 0 spiro atoms. The summed E-state index contributed by atoms with van der Waals surface area (Å²) in [5.74, 6) is 0. The zero-order valence-corrected chi connectivity index (χ0v) is 12.2. The molecule has 1 aromatic heterocycles. The fourth-order valence-electron chi connectivity index (χ4n) is 2.24. The second-order valence-corrected chi connectivity index (χ2v) is 8.04. The van der Waals surface area contributed by atoms with Crippen molar-refractivity contribution in [2.45, 2.75) is 10.6 Å². The van der Waals surface area contributed by atoms with Crippen molar-refractivity contribution < 1.29 is 8.42 Å². The number of sulfonamides is 1. The minimum Gasteiger partial charge on any atom is -0.397 e. The maximum Gasteiger partial charge on any atom is 0.273 e. The predicted octanol–water partition coefficient (Wildman–Crippen LogP) is 2.74. The third-order valence-corrected chi connectivity index (χ3v) is 6.57. The van der Waals surface area contributed by atoms with Crippen LogP contribution in [-0.4, -0.2) is 15.0 Å². The van der Waals surface area contributed by atoms with Crippen LogP contribution in [0.5, 0.6) is 0 Å². The van der Waals surface area contributed by atoms with E-state index in [0.29, 0.717) is 28.7 Å². The van der Waals surface area contributed by atoms with Crippen LogP contribution in [0.1, 0.15) is 5.56 Å². The molecule has 0 aliphatic carbocycles. The molecule has 1 aliphatic rings. The van der Waals surface area contributed by atoms with Gasteiger partial charge in [0.15, 0.2) is 0 Å².